The second-order valence-electron chi connectivity index (χ2n) is 3.53. The molecule has 0 saturated carbocycles. The van der Waals surface area contributed by atoms with Gasteiger partial charge in [0.1, 0.15) is 5.69 Å². The summed E-state index contributed by atoms with van der Waals surface area (Å²) in [5.74, 6) is 0.0929. The third kappa shape index (κ3) is 2.97. The summed E-state index contributed by atoms with van der Waals surface area (Å²) in [6, 6.07) is 1.28. The molecule has 0 fully saturated rings. The van der Waals surface area contributed by atoms with Gasteiger partial charge in [-0.2, -0.15) is 0 Å². The fraction of sp³-hybridized carbons (Fsp3) is 0.500. The number of rotatable bonds is 5. The summed E-state index contributed by atoms with van der Waals surface area (Å²) in [5, 5.41) is 10.6. The zero-order valence-electron chi connectivity index (χ0n) is 9.72. The number of halogens is 1. The molecule has 94 valence electrons. The smallest absolute Gasteiger partial charge is 0.287 e. The van der Waals surface area contributed by atoms with Crippen molar-refractivity contribution in [2.75, 3.05) is 19.0 Å². The first-order chi connectivity index (χ1) is 8.01. The molecule has 0 aliphatic carbocycles. The zero-order valence-corrected chi connectivity index (χ0v) is 10.5. The molecule has 1 aromatic heterocycles. The molecule has 0 atom stereocenters. The molecule has 0 aliphatic heterocycles. The molecule has 1 heterocycles. The van der Waals surface area contributed by atoms with Crippen molar-refractivity contribution in [3.05, 3.63) is 28.1 Å². The maximum absolute atomic E-state index is 12.0. The molecular formula is C10H14ClN3O3. The molecule has 0 saturated heterocycles. The van der Waals surface area contributed by atoms with E-state index in [1.165, 1.54) is 16.8 Å². The van der Waals surface area contributed by atoms with E-state index in [0.29, 0.717) is 24.7 Å². The fourth-order valence-electron chi connectivity index (χ4n) is 1.53. The lowest BCUT2D eigenvalue weighted by Gasteiger charge is -2.19. The molecule has 6 nitrogen and oxygen atoms in total. The number of hydrogen-bond acceptors (Lipinski definition) is 3. The minimum atomic E-state index is -0.519. The Bertz CT molecular complexity index is 430. The van der Waals surface area contributed by atoms with Crippen LogP contribution in [0.5, 0.6) is 0 Å². The molecule has 1 rings (SSSR count). The highest BCUT2D eigenvalue weighted by Crippen LogP contribution is 2.16. The molecule has 17 heavy (non-hydrogen) atoms. The second-order valence-corrected chi connectivity index (χ2v) is 3.90. The second kappa shape index (κ2) is 5.67. The van der Waals surface area contributed by atoms with Gasteiger partial charge >= 0.3 is 0 Å². The number of carbonyl (C=O) groups is 1. The van der Waals surface area contributed by atoms with E-state index in [1.54, 1.807) is 11.9 Å². The molecule has 1 amide bonds. The predicted octanol–water partition coefficient (Wildman–Crippen LogP) is 1.63. The Hall–Kier alpha value is -1.56. The Morgan fingerprint density at radius 3 is 2.71 bits per heavy atom. The van der Waals surface area contributed by atoms with Crippen LogP contribution in [0.3, 0.4) is 0 Å². The Labute approximate surface area is 104 Å². The maximum Gasteiger partial charge on any atom is 0.287 e. The Morgan fingerprint density at radius 1 is 1.65 bits per heavy atom. The van der Waals surface area contributed by atoms with Crippen molar-refractivity contribution in [1.82, 2.24) is 9.47 Å². The van der Waals surface area contributed by atoms with Gasteiger partial charge in [0.25, 0.3) is 11.6 Å². The number of carbonyl (C=O) groups excluding carboxylic acids is 1. The highest BCUT2D eigenvalue weighted by atomic mass is 35.5. The van der Waals surface area contributed by atoms with Crippen molar-refractivity contribution in [2.24, 2.45) is 7.05 Å². The van der Waals surface area contributed by atoms with E-state index in [1.807, 2.05) is 6.92 Å². The van der Waals surface area contributed by atoms with Gasteiger partial charge in [-0.15, -0.1) is 11.6 Å². The van der Waals surface area contributed by atoms with Crippen molar-refractivity contribution in [1.29, 1.82) is 0 Å². The summed E-state index contributed by atoms with van der Waals surface area (Å²) in [5.41, 5.74) is 0.210. The van der Waals surface area contributed by atoms with Gasteiger partial charge in [0.2, 0.25) is 0 Å². The lowest BCUT2D eigenvalue weighted by Crippen LogP contribution is -2.33. The average Bonchev–Trinajstić information content (AvgIpc) is 2.67. The van der Waals surface area contributed by atoms with E-state index in [-0.39, 0.29) is 11.6 Å². The summed E-state index contributed by atoms with van der Waals surface area (Å²) >= 11 is 5.59. The highest BCUT2D eigenvalue weighted by Gasteiger charge is 2.21. The first kappa shape index (κ1) is 13.5. The number of alkyl halides is 1. The maximum atomic E-state index is 12.0. The Morgan fingerprint density at radius 2 is 2.29 bits per heavy atom. The Kier molecular flexibility index (Phi) is 4.51. The van der Waals surface area contributed by atoms with E-state index in [9.17, 15) is 14.9 Å². The van der Waals surface area contributed by atoms with Crippen LogP contribution in [0.1, 0.15) is 17.4 Å². The minimum absolute atomic E-state index is 0.0854. The van der Waals surface area contributed by atoms with Gasteiger partial charge < -0.3 is 9.47 Å². The van der Waals surface area contributed by atoms with Gasteiger partial charge in [-0.25, -0.2) is 0 Å². The van der Waals surface area contributed by atoms with Crippen LogP contribution >= 0.6 is 11.6 Å². The molecule has 0 unspecified atom stereocenters. The third-order valence-electron chi connectivity index (χ3n) is 2.44. The van der Waals surface area contributed by atoms with Gasteiger partial charge in [-0.1, -0.05) is 0 Å². The number of aryl methyl sites for hydroxylation is 1. The van der Waals surface area contributed by atoms with Crippen LogP contribution < -0.4 is 0 Å². The molecule has 0 bridgehead atoms. The lowest BCUT2D eigenvalue weighted by molar-refractivity contribution is -0.384. The molecule has 0 aromatic carbocycles. The van der Waals surface area contributed by atoms with E-state index in [2.05, 4.69) is 0 Å². The average molecular weight is 260 g/mol. The summed E-state index contributed by atoms with van der Waals surface area (Å²) < 4.78 is 1.46. The topological polar surface area (TPSA) is 68.4 Å². The van der Waals surface area contributed by atoms with Gasteiger partial charge in [0, 0.05) is 32.1 Å². The molecule has 1 aromatic rings. The summed E-state index contributed by atoms with van der Waals surface area (Å²) in [6.45, 7) is 2.78. The molecule has 0 N–H and O–H groups in total. The standard InChI is InChI=1S/C10H14ClN3O3/c1-3-13(5-4-11)10(15)9-6-8(14(16)17)7-12(9)2/h6-7H,3-5H2,1-2H3. The zero-order chi connectivity index (χ0) is 13.0. The van der Waals surface area contributed by atoms with Crippen LogP contribution in [-0.2, 0) is 7.05 Å². The minimum Gasteiger partial charge on any atom is -0.340 e. The molecule has 0 spiro atoms. The predicted molar refractivity (Wildman–Crippen MR) is 64.4 cm³/mol. The monoisotopic (exact) mass is 259 g/mol. The summed E-state index contributed by atoms with van der Waals surface area (Å²) in [6.07, 6.45) is 1.32. The first-order valence-corrected chi connectivity index (χ1v) is 5.70. The van der Waals surface area contributed by atoms with Gasteiger partial charge in [0.15, 0.2) is 0 Å². The largest absolute Gasteiger partial charge is 0.340 e. The normalized spacial score (nSPS) is 10.3. The first-order valence-electron chi connectivity index (χ1n) is 5.17. The number of nitrogens with zero attached hydrogens (tertiary/aromatic N) is 3. The van der Waals surface area contributed by atoms with Crippen molar-refractivity contribution < 1.29 is 9.72 Å². The van der Waals surface area contributed by atoms with Crippen molar-refractivity contribution in [3.8, 4) is 0 Å². The summed E-state index contributed by atoms with van der Waals surface area (Å²) in [7, 11) is 1.61. The third-order valence-corrected chi connectivity index (χ3v) is 2.61. The molecule has 7 heteroatoms. The highest BCUT2D eigenvalue weighted by molar-refractivity contribution is 6.18. The SMILES string of the molecule is CCN(CCCl)C(=O)c1cc([N+](=O)[O-])cn1C. The van der Waals surface area contributed by atoms with Crippen molar-refractivity contribution >= 4 is 23.2 Å². The molecule has 0 radical (unpaired) electrons. The van der Waals surface area contributed by atoms with Crippen molar-refractivity contribution in [2.45, 2.75) is 6.92 Å². The number of hydrogen-bond donors (Lipinski definition) is 0. The van der Waals surface area contributed by atoms with E-state index < -0.39 is 4.92 Å². The van der Waals surface area contributed by atoms with Gasteiger partial charge in [-0.3, -0.25) is 14.9 Å². The van der Waals surface area contributed by atoms with Crippen LogP contribution in [0.15, 0.2) is 12.3 Å². The van der Waals surface area contributed by atoms with Gasteiger partial charge in [0.05, 0.1) is 11.1 Å². The molecule has 0 aliphatic rings. The fourth-order valence-corrected chi connectivity index (χ4v) is 1.73. The lowest BCUT2D eigenvalue weighted by atomic mass is 10.3. The van der Waals surface area contributed by atoms with Crippen LogP contribution in [-0.4, -0.2) is 39.3 Å². The van der Waals surface area contributed by atoms with Crippen LogP contribution in [0, 0.1) is 10.1 Å². The Balaban J connectivity index is 2.98. The van der Waals surface area contributed by atoms with Crippen LogP contribution in [0.4, 0.5) is 5.69 Å². The van der Waals surface area contributed by atoms with Gasteiger partial charge in [-0.05, 0) is 6.92 Å². The number of amides is 1. The number of aromatic nitrogens is 1. The van der Waals surface area contributed by atoms with E-state index in [4.69, 9.17) is 11.6 Å². The summed E-state index contributed by atoms with van der Waals surface area (Å²) in [4.78, 5) is 23.7. The van der Waals surface area contributed by atoms with E-state index >= 15 is 0 Å². The van der Waals surface area contributed by atoms with Crippen LogP contribution in [0.2, 0.25) is 0 Å². The van der Waals surface area contributed by atoms with Crippen LogP contribution in [0.25, 0.3) is 0 Å². The van der Waals surface area contributed by atoms with E-state index in [0.717, 1.165) is 0 Å². The van der Waals surface area contributed by atoms with Crippen molar-refractivity contribution in [3.63, 3.8) is 0 Å². The quantitative estimate of drug-likeness (QED) is 0.459. The number of nitro groups is 1. The molecular weight excluding hydrogens is 246 g/mol.